The third-order valence-corrected chi connectivity index (χ3v) is 9.66. The molecule has 4 rings (SSSR count). The highest BCUT2D eigenvalue weighted by Crippen LogP contribution is 2.36. The first-order valence-corrected chi connectivity index (χ1v) is 15.5. The Morgan fingerprint density at radius 3 is 2.59 bits per heavy atom. The molecule has 0 saturated carbocycles. The number of carboxylic acids is 1. The highest BCUT2D eigenvalue weighted by molar-refractivity contribution is 7.89. The molecule has 0 saturated heterocycles. The summed E-state index contributed by atoms with van der Waals surface area (Å²) in [4.78, 5) is 12.2. The smallest absolute Gasteiger partial charge is 0.304 e. The number of ether oxygens (including phenoxy) is 1. The van der Waals surface area contributed by atoms with Crippen molar-refractivity contribution in [1.29, 1.82) is 0 Å². The van der Waals surface area contributed by atoms with Crippen LogP contribution in [0.4, 0.5) is 4.39 Å². The summed E-state index contributed by atoms with van der Waals surface area (Å²) >= 11 is 0. The van der Waals surface area contributed by atoms with Crippen LogP contribution in [0.25, 0.3) is 0 Å². The molecular weight excluding hydrogens is 543 g/mol. The van der Waals surface area contributed by atoms with E-state index in [0.717, 1.165) is 35.2 Å². The lowest BCUT2D eigenvalue weighted by molar-refractivity contribution is -0.137. The summed E-state index contributed by atoms with van der Waals surface area (Å²) in [6, 6.07) is 15.7. The summed E-state index contributed by atoms with van der Waals surface area (Å²) in [6.45, 7) is 6.74. The number of hydrogen-bond donors (Lipinski definition) is 2. The third-order valence-electron chi connectivity index (χ3n) is 7.81. The van der Waals surface area contributed by atoms with Crippen molar-refractivity contribution in [3.8, 4) is 5.75 Å². The number of carboxylic acid groups (broad SMARTS) is 1. The largest absolute Gasteiger partial charge is 0.488 e. The molecule has 3 aromatic rings. The van der Waals surface area contributed by atoms with Crippen LogP contribution >= 0.6 is 0 Å². The standard InChI is InChI=1S/C32H39FN2O5S/c1-5-26-20-35(41(38,39)31-11-7-6-10-30(31)40-26)19-25-16-23(13-12-21(25)2)28(18-32(36)37)27-17-24(9-8-14-34-4)29(33)15-22(27)3/h6-7,10-13,15-17,26,28,34H,5,8-9,14,18-20H2,1-4H3,(H,36,37)/t26-,28?/m1/s1. The number of hydrogen-bond acceptors (Lipinski definition) is 5. The number of carbonyl (C=O) groups is 1. The Hall–Kier alpha value is -3.27. The van der Waals surface area contributed by atoms with Gasteiger partial charge in [-0.2, -0.15) is 4.31 Å². The van der Waals surface area contributed by atoms with Crippen molar-refractivity contribution in [3.63, 3.8) is 0 Å². The number of fused-ring (bicyclic) bond motifs is 1. The summed E-state index contributed by atoms with van der Waals surface area (Å²) in [5.41, 5.74) is 4.43. The number of aliphatic carboxylic acids is 1. The predicted molar refractivity (Wildman–Crippen MR) is 157 cm³/mol. The van der Waals surface area contributed by atoms with Gasteiger partial charge in [-0.1, -0.05) is 43.3 Å². The average molecular weight is 583 g/mol. The Morgan fingerprint density at radius 1 is 1.12 bits per heavy atom. The zero-order chi connectivity index (χ0) is 29.7. The number of benzene rings is 3. The van der Waals surface area contributed by atoms with Crippen molar-refractivity contribution in [2.45, 2.75) is 69.9 Å². The molecule has 0 radical (unpaired) electrons. The van der Waals surface area contributed by atoms with E-state index >= 15 is 0 Å². The van der Waals surface area contributed by atoms with Crippen LogP contribution in [0, 0.1) is 19.7 Å². The summed E-state index contributed by atoms with van der Waals surface area (Å²) in [5.74, 6) is -1.43. The van der Waals surface area contributed by atoms with Crippen LogP contribution in [0.3, 0.4) is 0 Å². The fourth-order valence-corrected chi connectivity index (χ4v) is 6.98. The van der Waals surface area contributed by atoms with Gasteiger partial charge in [0.1, 0.15) is 22.6 Å². The van der Waals surface area contributed by atoms with E-state index in [-0.39, 0.29) is 36.3 Å². The van der Waals surface area contributed by atoms with Gasteiger partial charge >= 0.3 is 5.97 Å². The number of aryl methyl sites for hydroxylation is 3. The van der Waals surface area contributed by atoms with E-state index < -0.39 is 21.9 Å². The molecular formula is C32H39FN2O5S. The second-order valence-electron chi connectivity index (χ2n) is 10.7. The molecule has 3 aromatic carbocycles. The molecule has 2 atom stereocenters. The van der Waals surface area contributed by atoms with Crippen molar-refractivity contribution >= 4 is 16.0 Å². The van der Waals surface area contributed by atoms with Gasteiger partial charge in [-0.15, -0.1) is 0 Å². The molecule has 0 amide bonds. The zero-order valence-electron chi connectivity index (χ0n) is 24.1. The minimum atomic E-state index is -3.84. The third kappa shape index (κ3) is 6.97. The molecule has 7 nitrogen and oxygen atoms in total. The van der Waals surface area contributed by atoms with E-state index in [0.29, 0.717) is 29.7 Å². The summed E-state index contributed by atoms with van der Waals surface area (Å²) in [7, 11) is -2.00. The summed E-state index contributed by atoms with van der Waals surface area (Å²) in [6.07, 6.45) is 1.45. The molecule has 0 aromatic heterocycles. The van der Waals surface area contributed by atoms with E-state index in [1.165, 1.54) is 10.4 Å². The summed E-state index contributed by atoms with van der Waals surface area (Å²) < 4.78 is 49.8. The van der Waals surface area contributed by atoms with Gasteiger partial charge in [0.2, 0.25) is 10.0 Å². The molecule has 220 valence electrons. The van der Waals surface area contributed by atoms with Crippen molar-refractivity contribution in [1.82, 2.24) is 9.62 Å². The van der Waals surface area contributed by atoms with Gasteiger partial charge in [-0.3, -0.25) is 4.79 Å². The number of halogens is 1. The molecule has 0 aliphatic carbocycles. The topological polar surface area (TPSA) is 95.9 Å². The van der Waals surface area contributed by atoms with E-state index in [2.05, 4.69) is 5.32 Å². The van der Waals surface area contributed by atoms with Crippen LogP contribution in [0.5, 0.6) is 5.75 Å². The molecule has 1 unspecified atom stereocenters. The fraction of sp³-hybridized carbons (Fsp3) is 0.406. The van der Waals surface area contributed by atoms with Crippen molar-refractivity contribution in [3.05, 3.63) is 93.8 Å². The normalized spacial score (nSPS) is 17.3. The van der Waals surface area contributed by atoms with Crippen molar-refractivity contribution in [2.24, 2.45) is 0 Å². The second kappa shape index (κ2) is 13.1. The minimum absolute atomic E-state index is 0.119. The molecule has 0 spiro atoms. The van der Waals surface area contributed by atoms with Crippen LogP contribution in [0.2, 0.25) is 0 Å². The Bertz CT molecular complexity index is 1510. The first-order valence-electron chi connectivity index (χ1n) is 14.1. The number of rotatable bonds is 11. The number of sulfonamides is 1. The van der Waals surface area contributed by atoms with Crippen LogP contribution in [0.1, 0.15) is 65.5 Å². The first kappa shape index (κ1) is 30.7. The molecule has 1 aliphatic heterocycles. The van der Waals surface area contributed by atoms with Crippen molar-refractivity contribution in [2.75, 3.05) is 20.1 Å². The highest BCUT2D eigenvalue weighted by Gasteiger charge is 2.34. The molecule has 9 heteroatoms. The number of nitrogens with one attached hydrogen (secondary N) is 1. The lowest BCUT2D eigenvalue weighted by Gasteiger charge is -2.25. The van der Waals surface area contributed by atoms with E-state index in [1.54, 1.807) is 37.3 Å². The molecule has 0 bridgehead atoms. The lowest BCUT2D eigenvalue weighted by atomic mass is 9.83. The van der Waals surface area contributed by atoms with Gasteiger partial charge in [0.25, 0.3) is 0 Å². The molecule has 1 aliphatic rings. The monoisotopic (exact) mass is 582 g/mol. The van der Waals surface area contributed by atoms with Crippen LogP contribution in [0.15, 0.2) is 59.5 Å². The van der Waals surface area contributed by atoms with E-state index in [4.69, 9.17) is 4.74 Å². The van der Waals surface area contributed by atoms with E-state index in [1.807, 2.05) is 39.1 Å². The first-order chi connectivity index (χ1) is 19.5. The Labute approximate surface area is 242 Å². The Kier molecular flexibility index (Phi) is 9.84. The zero-order valence-corrected chi connectivity index (χ0v) is 24.9. The van der Waals surface area contributed by atoms with E-state index in [9.17, 15) is 22.7 Å². The number of nitrogens with zero attached hydrogens (tertiary/aromatic N) is 1. The molecule has 41 heavy (non-hydrogen) atoms. The maximum atomic E-state index is 14.8. The Morgan fingerprint density at radius 2 is 1.88 bits per heavy atom. The maximum absolute atomic E-state index is 14.8. The molecule has 2 N–H and O–H groups in total. The summed E-state index contributed by atoms with van der Waals surface area (Å²) in [5, 5.41) is 12.9. The maximum Gasteiger partial charge on any atom is 0.304 e. The molecule has 0 fully saturated rings. The SMILES string of the molecule is CC[C@@H]1CN(Cc2cc(C(CC(=O)O)c3cc(CCCNC)c(F)cc3C)ccc2C)S(=O)(=O)c2ccccc2O1. The van der Waals surface area contributed by atoms with Crippen LogP contribution in [-0.4, -0.2) is 50.0 Å². The average Bonchev–Trinajstić information content (AvgIpc) is 3.03. The van der Waals surface area contributed by atoms with Crippen molar-refractivity contribution < 1.29 is 27.4 Å². The van der Waals surface area contributed by atoms with Gasteiger partial charge in [0.05, 0.1) is 13.0 Å². The van der Waals surface area contributed by atoms with Crippen LogP contribution in [-0.2, 0) is 27.8 Å². The minimum Gasteiger partial charge on any atom is -0.488 e. The Balaban J connectivity index is 1.74. The number of para-hydroxylation sites is 1. The second-order valence-corrected chi connectivity index (χ2v) is 12.6. The fourth-order valence-electron chi connectivity index (χ4n) is 5.41. The lowest BCUT2D eigenvalue weighted by Crippen LogP contribution is -2.36. The quantitative estimate of drug-likeness (QED) is 0.287. The van der Waals surface area contributed by atoms with Gasteiger partial charge in [0, 0.05) is 12.5 Å². The van der Waals surface area contributed by atoms with Gasteiger partial charge < -0.3 is 15.2 Å². The van der Waals surface area contributed by atoms with Gasteiger partial charge in [-0.25, -0.2) is 12.8 Å². The van der Waals surface area contributed by atoms with Gasteiger partial charge in [0.15, 0.2) is 0 Å². The predicted octanol–water partition coefficient (Wildman–Crippen LogP) is 5.56. The highest BCUT2D eigenvalue weighted by atomic mass is 32.2. The van der Waals surface area contributed by atoms with Crippen LogP contribution < -0.4 is 10.1 Å². The van der Waals surface area contributed by atoms with Gasteiger partial charge in [-0.05, 0) is 98.3 Å². The molecule has 1 heterocycles.